The highest BCUT2D eigenvalue weighted by Crippen LogP contribution is 2.40. The molecule has 9 rings (SSSR count). The van der Waals surface area contributed by atoms with Crippen molar-refractivity contribution in [2.24, 2.45) is 0 Å². The second kappa shape index (κ2) is 11.4. The van der Waals surface area contributed by atoms with Gasteiger partial charge < -0.3 is 9.13 Å². The molecule has 0 atom stereocenters. The highest BCUT2D eigenvalue weighted by Gasteiger charge is 2.20. The van der Waals surface area contributed by atoms with Crippen molar-refractivity contribution in [1.29, 1.82) is 15.8 Å². The molecule has 5 nitrogen and oxygen atoms in total. The van der Waals surface area contributed by atoms with E-state index < -0.39 is 0 Å². The Bertz CT molecular complexity index is 2920. The molecule has 0 aliphatic rings. The highest BCUT2D eigenvalue weighted by molar-refractivity contribution is 6.11. The minimum absolute atomic E-state index is 0.318. The molecule has 0 saturated heterocycles. The summed E-state index contributed by atoms with van der Waals surface area (Å²) in [7, 11) is 0. The molecule has 9 aromatic rings. The zero-order chi connectivity index (χ0) is 33.8. The van der Waals surface area contributed by atoms with Gasteiger partial charge in [-0.05, 0) is 77.9 Å². The van der Waals surface area contributed by atoms with Gasteiger partial charge in [-0.15, -0.1) is 0 Å². The van der Waals surface area contributed by atoms with Crippen molar-refractivity contribution in [3.8, 4) is 51.8 Å². The van der Waals surface area contributed by atoms with E-state index in [9.17, 15) is 15.8 Å². The molecule has 0 radical (unpaired) electrons. The molecule has 2 heterocycles. The largest absolute Gasteiger partial charge is 0.309 e. The van der Waals surface area contributed by atoms with Crippen LogP contribution < -0.4 is 0 Å². The van der Waals surface area contributed by atoms with Gasteiger partial charge in [0.1, 0.15) is 12.1 Å². The minimum Gasteiger partial charge on any atom is -0.309 e. The maximum Gasteiger partial charge on any atom is 0.101 e. The van der Waals surface area contributed by atoms with Gasteiger partial charge in [0, 0.05) is 38.4 Å². The number of hydrogen-bond donors (Lipinski definition) is 0. The number of nitriles is 3. The Labute approximate surface area is 287 Å². The van der Waals surface area contributed by atoms with Crippen LogP contribution in [0, 0.1) is 34.0 Å². The van der Waals surface area contributed by atoms with E-state index in [4.69, 9.17) is 0 Å². The first-order valence-electron chi connectivity index (χ1n) is 16.3. The molecule has 0 spiro atoms. The first-order chi connectivity index (χ1) is 24.7. The molecule has 7 aromatic carbocycles. The fraction of sp³-hybridized carbons (Fsp3) is 0. The van der Waals surface area contributed by atoms with Crippen LogP contribution in [0.15, 0.2) is 152 Å². The molecule has 0 amide bonds. The van der Waals surface area contributed by atoms with Gasteiger partial charge in [0.15, 0.2) is 0 Å². The molecule has 0 fully saturated rings. The molecular formula is C45H25N5. The lowest BCUT2D eigenvalue weighted by Gasteiger charge is -2.17. The lowest BCUT2D eigenvalue weighted by atomic mass is 9.90. The summed E-state index contributed by atoms with van der Waals surface area (Å²) < 4.78 is 4.47. The van der Waals surface area contributed by atoms with Crippen LogP contribution in [-0.4, -0.2) is 9.13 Å². The predicted octanol–water partition coefficient (Wildman–Crippen LogP) is 10.8. The van der Waals surface area contributed by atoms with Crippen LogP contribution in [0.1, 0.15) is 16.7 Å². The first-order valence-corrected chi connectivity index (χ1v) is 16.3. The monoisotopic (exact) mass is 635 g/mol. The van der Waals surface area contributed by atoms with Crippen LogP contribution in [0.25, 0.3) is 77.2 Å². The SMILES string of the molecule is N#Cc1ccc2c(c1)c1ccccc1n2-c1ccccc1-c1cc(C#N)c(C#N)c(-c2cccc(-n3c4ccccc4c4ccccc43)c2)c1. The molecule has 0 N–H and O–H groups in total. The van der Waals surface area contributed by atoms with Gasteiger partial charge in [0.05, 0.1) is 50.5 Å². The van der Waals surface area contributed by atoms with Gasteiger partial charge in [-0.1, -0.05) is 84.9 Å². The van der Waals surface area contributed by atoms with E-state index in [2.05, 4.69) is 112 Å². The van der Waals surface area contributed by atoms with E-state index in [0.717, 1.165) is 60.9 Å². The van der Waals surface area contributed by atoms with Crippen LogP contribution in [0.3, 0.4) is 0 Å². The smallest absolute Gasteiger partial charge is 0.101 e. The number of aromatic nitrogens is 2. The molecule has 50 heavy (non-hydrogen) atoms. The molecular weight excluding hydrogens is 611 g/mol. The van der Waals surface area contributed by atoms with Gasteiger partial charge in [-0.3, -0.25) is 0 Å². The second-order valence-electron chi connectivity index (χ2n) is 12.3. The Morgan fingerprint density at radius 3 is 1.70 bits per heavy atom. The lowest BCUT2D eigenvalue weighted by molar-refractivity contribution is 1.18. The van der Waals surface area contributed by atoms with Crippen molar-refractivity contribution in [1.82, 2.24) is 9.13 Å². The third-order valence-electron chi connectivity index (χ3n) is 9.62. The molecule has 2 aromatic heterocycles. The van der Waals surface area contributed by atoms with E-state index in [0.29, 0.717) is 22.3 Å². The van der Waals surface area contributed by atoms with Crippen molar-refractivity contribution < 1.29 is 0 Å². The third kappa shape index (κ3) is 4.31. The molecule has 0 saturated carbocycles. The van der Waals surface area contributed by atoms with E-state index >= 15 is 0 Å². The van der Waals surface area contributed by atoms with Crippen LogP contribution in [0.4, 0.5) is 0 Å². The van der Waals surface area contributed by atoms with Gasteiger partial charge >= 0.3 is 0 Å². The fourth-order valence-corrected chi connectivity index (χ4v) is 7.46. The van der Waals surface area contributed by atoms with E-state index in [-0.39, 0.29) is 0 Å². The van der Waals surface area contributed by atoms with Crippen molar-refractivity contribution in [3.63, 3.8) is 0 Å². The van der Waals surface area contributed by atoms with Crippen LogP contribution >= 0.6 is 0 Å². The Morgan fingerprint density at radius 2 is 1.02 bits per heavy atom. The zero-order valence-corrected chi connectivity index (χ0v) is 26.7. The van der Waals surface area contributed by atoms with E-state index in [1.165, 1.54) is 10.8 Å². The molecule has 230 valence electrons. The maximum atomic E-state index is 10.4. The lowest BCUT2D eigenvalue weighted by Crippen LogP contribution is -1.99. The van der Waals surface area contributed by atoms with Crippen LogP contribution in [0.2, 0.25) is 0 Å². The quantitative estimate of drug-likeness (QED) is 0.193. The summed E-state index contributed by atoms with van der Waals surface area (Å²) in [6.45, 7) is 0. The van der Waals surface area contributed by atoms with Crippen molar-refractivity contribution >= 4 is 43.6 Å². The van der Waals surface area contributed by atoms with Crippen molar-refractivity contribution in [2.45, 2.75) is 0 Å². The minimum atomic E-state index is 0.318. The molecule has 0 bridgehead atoms. The van der Waals surface area contributed by atoms with Crippen LogP contribution in [-0.2, 0) is 0 Å². The molecule has 0 aliphatic carbocycles. The fourth-order valence-electron chi connectivity index (χ4n) is 7.46. The average Bonchev–Trinajstić information content (AvgIpc) is 3.70. The first kappa shape index (κ1) is 28.8. The van der Waals surface area contributed by atoms with Gasteiger partial charge in [0.25, 0.3) is 0 Å². The third-order valence-corrected chi connectivity index (χ3v) is 9.62. The van der Waals surface area contributed by atoms with Gasteiger partial charge in [0.2, 0.25) is 0 Å². The Kier molecular flexibility index (Phi) is 6.56. The van der Waals surface area contributed by atoms with Crippen LogP contribution in [0.5, 0.6) is 0 Å². The zero-order valence-electron chi connectivity index (χ0n) is 26.7. The summed E-state index contributed by atoms with van der Waals surface area (Å²) in [5, 5.41) is 34.9. The van der Waals surface area contributed by atoms with E-state index in [1.54, 1.807) is 0 Å². The average molecular weight is 636 g/mol. The normalized spacial score (nSPS) is 11.1. The van der Waals surface area contributed by atoms with Gasteiger partial charge in [-0.2, -0.15) is 15.8 Å². The summed E-state index contributed by atoms with van der Waals surface area (Å²) in [5.74, 6) is 0. The summed E-state index contributed by atoms with van der Waals surface area (Å²) >= 11 is 0. The topological polar surface area (TPSA) is 81.2 Å². The standard InChI is InChI=1S/C45H25N5/c46-26-29-20-21-45-39(22-29)37-15-4-8-19-44(37)50(45)41-16-5-1-12-34(41)31-23-32(27-47)40(28-48)38(25-31)30-10-9-11-33(24-30)49-42-17-6-2-13-35(42)36-14-3-7-18-43(36)49/h1-25H. The van der Waals surface area contributed by atoms with Gasteiger partial charge in [-0.25, -0.2) is 0 Å². The number of nitrogens with zero attached hydrogens (tertiary/aromatic N) is 5. The molecule has 0 unspecified atom stereocenters. The Balaban J connectivity index is 1.27. The molecule has 5 heteroatoms. The van der Waals surface area contributed by atoms with E-state index in [1.807, 2.05) is 66.7 Å². The number of fused-ring (bicyclic) bond motifs is 6. The van der Waals surface area contributed by atoms with Crippen molar-refractivity contribution in [3.05, 3.63) is 168 Å². The van der Waals surface area contributed by atoms with Crippen molar-refractivity contribution in [2.75, 3.05) is 0 Å². The number of para-hydroxylation sites is 4. The number of hydrogen-bond acceptors (Lipinski definition) is 3. The Morgan fingerprint density at radius 1 is 0.400 bits per heavy atom. The summed E-state index contributed by atoms with van der Waals surface area (Å²) in [6, 6.07) is 57.9. The molecule has 0 aliphatic heterocycles. The highest BCUT2D eigenvalue weighted by atomic mass is 15.0. The second-order valence-corrected chi connectivity index (χ2v) is 12.3. The number of benzene rings is 7. The summed E-state index contributed by atoms with van der Waals surface area (Å²) in [4.78, 5) is 0. The Hall–Kier alpha value is -7.39. The summed E-state index contributed by atoms with van der Waals surface area (Å²) in [6.07, 6.45) is 0. The number of rotatable bonds is 4. The summed E-state index contributed by atoms with van der Waals surface area (Å²) in [5.41, 5.74) is 10.6. The maximum absolute atomic E-state index is 10.4. The predicted molar refractivity (Wildman–Crippen MR) is 200 cm³/mol.